The number of fused-ring (bicyclic) bond motifs is 1. The molecule has 2 heterocycles. The molecule has 0 saturated heterocycles. The first-order valence-corrected chi connectivity index (χ1v) is 8.37. The molecule has 4 rings (SSSR count). The Balaban J connectivity index is 1.69. The zero-order valence-corrected chi connectivity index (χ0v) is 14.3. The van der Waals surface area contributed by atoms with E-state index in [4.69, 9.17) is 4.42 Å². The normalized spacial score (nSPS) is 11.0. The largest absolute Gasteiger partial charge is 0.436 e. The van der Waals surface area contributed by atoms with Gasteiger partial charge in [0.2, 0.25) is 5.89 Å². The van der Waals surface area contributed by atoms with E-state index < -0.39 is 0 Å². The average molecular weight is 329 g/mol. The van der Waals surface area contributed by atoms with E-state index in [1.807, 2.05) is 48.7 Å². The van der Waals surface area contributed by atoms with Crippen LogP contribution in [0.2, 0.25) is 0 Å². The molecule has 4 nitrogen and oxygen atoms in total. The molecule has 0 saturated carbocycles. The Kier molecular flexibility index (Phi) is 3.94. The fourth-order valence-electron chi connectivity index (χ4n) is 2.81. The first kappa shape index (κ1) is 15.4. The summed E-state index contributed by atoms with van der Waals surface area (Å²) in [5, 5.41) is 0. The number of aromatic nitrogens is 2. The van der Waals surface area contributed by atoms with Crippen molar-refractivity contribution in [3.05, 3.63) is 67.0 Å². The van der Waals surface area contributed by atoms with E-state index in [0.29, 0.717) is 5.89 Å². The minimum absolute atomic E-state index is 0.643. The SMILES string of the molecule is CCN(C)c1ccc(-c2nc3cc(-c4cccnc4)ccc3o2)cc1. The summed E-state index contributed by atoms with van der Waals surface area (Å²) >= 11 is 0. The summed E-state index contributed by atoms with van der Waals surface area (Å²) < 4.78 is 5.93. The van der Waals surface area contributed by atoms with Crippen molar-refractivity contribution in [3.63, 3.8) is 0 Å². The molecule has 124 valence electrons. The number of rotatable bonds is 4. The Morgan fingerprint density at radius 3 is 2.48 bits per heavy atom. The van der Waals surface area contributed by atoms with Crippen LogP contribution in [0.15, 0.2) is 71.4 Å². The van der Waals surface area contributed by atoms with E-state index >= 15 is 0 Å². The molecule has 0 aliphatic heterocycles. The van der Waals surface area contributed by atoms with Gasteiger partial charge in [0.15, 0.2) is 5.58 Å². The predicted octanol–water partition coefficient (Wildman–Crippen LogP) is 5.01. The molecule has 0 spiro atoms. The van der Waals surface area contributed by atoms with Crippen molar-refractivity contribution >= 4 is 16.8 Å². The molecule has 0 bridgehead atoms. The lowest BCUT2D eigenvalue weighted by molar-refractivity contribution is 0.620. The van der Waals surface area contributed by atoms with Crippen LogP contribution in [0.5, 0.6) is 0 Å². The highest BCUT2D eigenvalue weighted by Gasteiger charge is 2.10. The van der Waals surface area contributed by atoms with E-state index in [9.17, 15) is 0 Å². The average Bonchev–Trinajstić information content (AvgIpc) is 3.11. The first-order valence-electron chi connectivity index (χ1n) is 8.37. The van der Waals surface area contributed by atoms with Gasteiger partial charge < -0.3 is 9.32 Å². The number of hydrogen-bond acceptors (Lipinski definition) is 4. The molecule has 4 heteroatoms. The van der Waals surface area contributed by atoms with Crippen molar-refractivity contribution in [3.8, 4) is 22.6 Å². The molecule has 0 radical (unpaired) electrons. The van der Waals surface area contributed by atoms with Crippen LogP contribution in [0.25, 0.3) is 33.7 Å². The molecular formula is C21H19N3O. The van der Waals surface area contributed by atoms with Crippen molar-refractivity contribution in [2.75, 3.05) is 18.5 Å². The molecule has 4 aromatic rings. The van der Waals surface area contributed by atoms with Crippen LogP contribution in [0.3, 0.4) is 0 Å². The van der Waals surface area contributed by atoms with Gasteiger partial charge in [-0.25, -0.2) is 4.98 Å². The number of pyridine rings is 1. The van der Waals surface area contributed by atoms with Gasteiger partial charge in [-0.2, -0.15) is 0 Å². The highest BCUT2D eigenvalue weighted by atomic mass is 16.3. The minimum atomic E-state index is 0.643. The van der Waals surface area contributed by atoms with Crippen LogP contribution in [0.1, 0.15) is 6.92 Å². The third kappa shape index (κ3) is 2.98. The van der Waals surface area contributed by atoms with Crippen LogP contribution in [-0.2, 0) is 0 Å². The Morgan fingerprint density at radius 2 is 1.76 bits per heavy atom. The number of anilines is 1. The summed E-state index contributed by atoms with van der Waals surface area (Å²) in [4.78, 5) is 11.0. The number of hydrogen-bond donors (Lipinski definition) is 0. The second kappa shape index (κ2) is 6.40. The third-order valence-electron chi connectivity index (χ3n) is 4.41. The lowest BCUT2D eigenvalue weighted by Gasteiger charge is -2.16. The summed E-state index contributed by atoms with van der Waals surface area (Å²) in [7, 11) is 2.08. The summed E-state index contributed by atoms with van der Waals surface area (Å²) in [5.74, 6) is 0.643. The molecule has 0 unspecified atom stereocenters. The Hall–Kier alpha value is -3.14. The quantitative estimate of drug-likeness (QED) is 0.527. The standard InChI is InChI=1S/C21H19N3O/c1-3-24(2)18-9-6-15(7-10-18)21-23-19-13-16(8-11-20(19)25-21)17-5-4-12-22-14-17/h4-14H,3H2,1-2H3. The van der Waals surface area contributed by atoms with Gasteiger partial charge >= 0.3 is 0 Å². The van der Waals surface area contributed by atoms with Gasteiger partial charge in [-0.15, -0.1) is 0 Å². The Morgan fingerprint density at radius 1 is 0.960 bits per heavy atom. The van der Waals surface area contributed by atoms with Crippen molar-refractivity contribution in [2.24, 2.45) is 0 Å². The molecule has 0 aliphatic carbocycles. The maximum absolute atomic E-state index is 5.93. The molecule has 25 heavy (non-hydrogen) atoms. The fraction of sp³-hybridized carbons (Fsp3) is 0.143. The fourth-order valence-corrected chi connectivity index (χ4v) is 2.81. The zero-order valence-electron chi connectivity index (χ0n) is 14.3. The second-order valence-electron chi connectivity index (χ2n) is 6.00. The number of benzene rings is 2. The van der Waals surface area contributed by atoms with Gasteiger partial charge in [0.25, 0.3) is 0 Å². The first-order chi connectivity index (χ1) is 12.2. The summed E-state index contributed by atoms with van der Waals surface area (Å²) in [5.41, 5.74) is 5.96. The summed E-state index contributed by atoms with van der Waals surface area (Å²) in [6, 6.07) is 18.3. The van der Waals surface area contributed by atoms with Gasteiger partial charge in [0.05, 0.1) is 0 Å². The summed E-state index contributed by atoms with van der Waals surface area (Å²) in [6.45, 7) is 3.11. The second-order valence-corrected chi connectivity index (χ2v) is 6.00. The van der Waals surface area contributed by atoms with E-state index in [2.05, 4.69) is 41.0 Å². The van der Waals surface area contributed by atoms with Crippen molar-refractivity contribution in [1.29, 1.82) is 0 Å². The van der Waals surface area contributed by atoms with Gasteiger partial charge in [0.1, 0.15) is 5.52 Å². The Labute approximate surface area is 146 Å². The number of oxazole rings is 1. The predicted molar refractivity (Wildman–Crippen MR) is 102 cm³/mol. The maximum atomic E-state index is 5.93. The highest BCUT2D eigenvalue weighted by Crippen LogP contribution is 2.29. The molecule has 0 N–H and O–H groups in total. The van der Waals surface area contributed by atoms with E-state index in [1.54, 1.807) is 6.20 Å². The van der Waals surface area contributed by atoms with Crippen LogP contribution in [0, 0.1) is 0 Å². The van der Waals surface area contributed by atoms with Gasteiger partial charge in [0, 0.05) is 42.8 Å². The lowest BCUT2D eigenvalue weighted by atomic mass is 10.1. The molecular weight excluding hydrogens is 310 g/mol. The molecule has 0 atom stereocenters. The van der Waals surface area contributed by atoms with Gasteiger partial charge in [-0.05, 0) is 55.0 Å². The topological polar surface area (TPSA) is 42.2 Å². The smallest absolute Gasteiger partial charge is 0.227 e. The Bertz CT molecular complexity index is 991. The van der Waals surface area contributed by atoms with E-state index in [-0.39, 0.29) is 0 Å². The van der Waals surface area contributed by atoms with Crippen LogP contribution in [-0.4, -0.2) is 23.6 Å². The lowest BCUT2D eigenvalue weighted by Crippen LogP contribution is -2.15. The molecule has 0 aliphatic rings. The van der Waals surface area contributed by atoms with Gasteiger partial charge in [-0.1, -0.05) is 12.1 Å². The minimum Gasteiger partial charge on any atom is -0.436 e. The van der Waals surface area contributed by atoms with Crippen molar-refractivity contribution < 1.29 is 4.42 Å². The third-order valence-corrected chi connectivity index (χ3v) is 4.41. The van der Waals surface area contributed by atoms with Crippen LogP contribution >= 0.6 is 0 Å². The number of nitrogens with zero attached hydrogens (tertiary/aromatic N) is 3. The van der Waals surface area contributed by atoms with Crippen LogP contribution < -0.4 is 4.90 Å². The zero-order chi connectivity index (χ0) is 17.2. The summed E-state index contributed by atoms with van der Waals surface area (Å²) in [6.07, 6.45) is 3.63. The molecule has 0 fully saturated rings. The monoisotopic (exact) mass is 329 g/mol. The van der Waals surface area contributed by atoms with E-state index in [0.717, 1.165) is 34.3 Å². The molecule has 0 amide bonds. The maximum Gasteiger partial charge on any atom is 0.227 e. The molecule has 2 aromatic heterocycles. The van der Waals surface area contributed by atoms with Crippen molar-refractivity contribution in [2.45, 2.75) is 6.92 Å². The van der Waals surface area contributed by atoms with Gasteiger partial charge in [-0.3, -0.25) is 4.98 Å². The van der Waals surface area contributed by atoms with E-state index in [1.165, 1.54) is 5.69 Å². The van der Waals surface area contributed by atoms with Crippen LogP contribution in [0.4, 0.5) is 5.69 Å². The molecule has 2 aromatic carbocycles. The highest BCUT2D eigenvalue weighted by molar-refractivity contribution is 5.82. The van der Waals surface area contributed by atoms with Crippen molar-refractivity contribution in [1.82, 2.24) is 9.97 Å².